The topological polar surface area (TPSA) is 43.4 Å². The van der Waals surface area contributed by atoms with Crippen LogP contribution in [0.1, 0.15) is 39.0 Å². The molecule has 0 radical (unpaired) electrons. The van der Waals surface area contributed by atoms with E-state index >= 15 is 0 Å². The van der Waals surface area contributed by atoms with Gasteiger partial charge in [-0.25, -0.2) is 4.79 Å². The molecule has 0 aliphatic rings. The molecule has 0 saturated carbocycles. The molecule has 0 bridgehead atoms. The summed E-state index contributed by atoms with van der Waals surface area (Å²) in [6.07, 6.45) is 8.31. The molecule has 0 atom stereocenters. The molecule has 0 aromatic carbocycles. The Morgan fingerprint density at radius 1 is 1.25 bits per heavy atom. The molecule has 0 N–H and O–H groups in total. The lowest BCUT2D eigenvalue weighted by molar-refractivity contribution is -0.137. The Balaban J connectivity index is 3.53. The van der Waals surface area contributed by atoms with Crippen LogP contribution in [0.4, 0.5) is 0 Å². The standard InChI is InChI=1S/C13H20O3/c1-3-5-6-9-12(14)10-7-8-11-13(15)16-4-2/h3,8,11H,1,4-7,9-10H2,2H3/b11-8+. The fraction of sp³-hybridized carbons (Fsp3) is 0.538. The number of rotatable bonds is 9. The first kappa shape index (κ1) is 14.6. The van der Waals surface area contributed by atoms with E-state index in [0.29, 0.717) is 25.9 Å². The highest BCUT2D eigenvalue weighted by atomic mass is 16.5. The number of ketones is 1. The first-order chi connectivity index (χ1) is 7.70. The lowest BCUT2D eigenvalue weighted by Crippen LogP contribution is -1.99. The van der Waals surface area contributed by atoms with Gasteiger partial charge in [-0.05, 0) is 26.2 Å². The number of hydrogen-bond donors (Lipinski definition) is 0. The van der Waals surface area contributed by atoms with Gasteiger partial charge in [-0.1, -0.05) is 12.2 Å². The van der Waals surface area contributed by atoms with Crippen molar-refractivity contribution in [1.82, 2.24) is 0 Å². The van der Waals surface area contributed by atoms with Crippen LogP contribution in [-0.2, 0) is 14.3 Å². The second kappa shape index (κ2) is 10.1. The fourth-order valence-electron chi connectivity index (χ4n) is 1.18. The lowest BCUT2D eigenvalue weighted by atomic mass is 10.1. The quantitative estimate of drug-likeness (QED) is 0.262. The first-order valence-electron chi connectivity index (χ1n) is 5.66. The molecular weight excluding hydrogens is 204 g/mol. The molecule has 0 aromatic rings. The molecule has 0 heterocycles. The molecule has 0 spiro atoms. The highest BCUT2D eigenvalue weighted by molar-refractivity contribution is 5.82. The second-order valence-electron chi connectivity index (χ2n) is 3.41. The number of carbonyl (C=O) groups excluding carboxylic acids is 2. The van der Waals surface area contributed by atoms with Crippen LogP contribution in [0.15, 0.2) is 24.8 Å². The van der Waals surface area contributed by atoms with Crippen LogP contribution in [0, 0.1) is 0 Å². The highest BCUT2D eigenvalue weighted by Gasteiger charge is 1.99. The molecule has 3 heteroatoms. The van der Waals surface area contributed by atoms with E-state index in [4.69, 9.17) is 4.74 Å². The highest BCUT2D eigenvalue weighted by Crippen LogP contribution is 2.02. The Morgan fingerprint density at radius 3 is 2.62 bits per heavy atom. The van der Waals surface area contributed by atoms with Gasteiger partial charge in [-0.2, -0.15) is 0 Å². The summed E-state index contributed by atoms with van der Waals surface area (Å²) in [6.45, 7) is 5.73. The predicted molar refractivity (Wildman–Crippen MR) is 64.1 cm³/mol. The number of esters is 1. The van der Waals surface area contributed by atoms with E-state index in [-0.39, 0.29) is 11.8 Å². The molecule has 0 rings (SSSR count). The second-order valence-corrected chi connectivity index (χ2v) is 3.41. The van der Waals surface area contributed by atoms with E-state index in [9.17, 15) is 9.59 Å². The van der Waals surface area contributed by atoms with Gasteiger partial charge in [-0.3, -0.25) is 4.79 Å². The Morgan fingerprint density at radius 2 is 2.00 bits per heavy atom. The van der Waals surface area contributed by atoms with Crippen LogP contribution in [0.2, 0.25) is 0 Å². The fourth-order valence-corrected chi connectivity index (χ4v) is 1.18. The van der Waals surface area contributed by atoms with Crippen molar-refractivity contribution in [2.45, 2.75) is 39.0 Å². The van der Waals surface area contributed by atoms with Crippen LogP contribution in [0.25, 0.3) is 0 Å². The zero-order valence-corrected chi connectivity index (χ0v) is 9.91. The Bertz CT molecular complexity index is 254. The average Bonchev–Trinajstić information content (AvgIpc) is 2.25. The molecule has 0 aliphatic heterocycles. The van der Waals surface area contributed by atoms with Gasteiger partial charge in [0.15, 0.2) is 0 Å². The summed E-state index contributed by atoms with van der Waals surface area (Å²) in [4.78, 5) is 22.2. The average molecular weight is 224 g/mol. The van der Waals surface area contributed by atoms with Crippen molar-refractivity contribution in [3.05, 3.63) is 24.8 Å². The van der Waals surface area contributed by atoms with Gasteiger partial charge in [-0.15, -0.1) is 6.58 Å². The third-order valence-corrected chi connectivity index (χ3v) is 1.99. The van der Waals surface area contributed by atoms with Gasteiger partial charge in [0.05, 0.1) is 6.61 Å². The van der Waals surface area contributed by atoms with Crippen LogP contribution >= 0.6 is 0 Å². The molecule has 0 aromatic heterocycles. The van der Waals surface area contributed by atoms with Crippen LogP contribution < -0.4 is 0 Å². The Hall–Kier alpha value is -1.38. The molecule has 0 saturated heterocycles. The lowest BCUT2D eigenvalue weighted by Gasteiger charge is -1.97. The van der Waals surface area contributed by atoms with Crippen molar-refractivity contribution in [3.8, 4) is 0 Å². The third-order valence-electron chi connectivity index (χ3n) is 1.99. The maximum absolute atomic E-state index is 11.3. The number of carbonyl (C=O) groups is 2. The maximum atomic E-state index is 11.3. The minimum absolute atomic E-state index is 0.232. The summed E-state index contributed by atoms with van der Waals surface area (Å²) < 4.78 is 4.71. The molecular formula is C13H20O3. The zero-order chi connectivity index (χ0) is 12.2. The number of unbranched alkanes of at least 4 members (excludes halogenated alkanes) is 1. The molecule has 0 fully saturated rings. The van der Waals surface area contributed by atoms with Crippen LogP contribution in [-0.4, -0.2) is 18.4 Å². The van der Waals surface area contributed by atoms with Crippen LogP contribution in [0.5, 0.6) is 0 Å². The summed E-state index contributed by atoms with van der Waals surface area (Å²) in [5, 5.41) is 0. The summed E-state index contributed by atoms with van der Waals surface area (Å²) >= 11 is 0. The van der Waals surface area contributed by atoms with E-state index in [1.165, 1.54) is 6.08 Å². The van der Waals surface area contributed by atoms with Crippen molar-refractivity contribution >= 4 is 11.8 Å². The minimum Gasteiger partial charge on any atom is -0.463 e. The van der Waals surface area contributed by atoms with Gasteiger partial charge in [0.2, 0.25) is 0 Å². The van der Waals surface area contributed by atoms with Crippen molar-refractivity contribution in [2.75, 3.05) is 6.61 Å². The minimum atomic E-state index is -0.346. The molecule has 3 nitrogen and oxygen atoms in total. The monoisotopic (exact) mass is 224 g/mol. The Labute approximate surface area is 97.2 Å². The van der Waals surface area contributed by atoms with E-state index in [0.717, 1.165) is 12.8 Å². The SMILES string of the molecule is C=CCCCC(=O)CC/C=C/C(=O)OCC. The van der Waals surface area contributed by atoms with Crippen molar-refractivity contribution in [1.29, 1.82) is 0 Å². The summed E-state index contributed by atoms with van der Waals surface area (Å²) in [7, 11) is 0. The summed E-state index contributed by atoms with van der Waals surface area (Å²) in [5.74, 6) is -0.114. The van der Waals surface area contributed by atoms with E-state index in [1.54, 1.807) is 13.0 Å². The van der Waals surface area contributed by atoms with Crippen molar-refractivity contribution in [2.24, 2.45) is 0 Å². The van der Waals surface area contributed by atoms with Crippen molar-refractivity contribution in [3.63, 3.8) is 0 Å². The van der Waals surface area contributed by atoms with Gasteiger partial charge in [0.25, 0.3) is 0 Å². The molecule has 0 amide bonds. The van der Waals surface area contributed by atoms with Gasteiger partial charge in [0.1, 0.15) is 5.78 Å². The zero-order valence-electron chi connectivity index (χ0n) is 9.91. The van der Waals surface area contributed by atoms with Gasteiger partial charge >= 0.3 is 5.97 Å². The molecule has 0 aliphatic carbocycles. The van der Waals surface area contributed by atoms with E-state index < -0.39 is 0 Å². The Kier molecular flexibility index (Phi) is 9.27. The molecule has 16 heavy (non-hydrogen) atoms. The van der Waals surface area contributed by atoms with Gasteiger partial charge < -0.3 is 4.74 Å². The number of Topliss-reactive ketones (excluding diaryl/α,β-unsaturated/α-hetero) is 1. The van der Waals surface area contributed by atoms with E-state index in [2.05, 4.69) is 6.58 Å². The summed E-state index contributed by atoms with van der Waals surface area (Å²) in [6, 6.07) is 0. The normalized spacial score (nSPS) is 10.3. The maximum Gasteiger partial charge on any atom is 0.330 e. The van der Waals surface area contributed by atoms with E-state index in [1.807, 2.05) is 6.08 Å². The molecule has 90 valence electrons. The number of allylic oxidation sites excluding steroid dienone is 2. The van der Waals surface area contributed by atoms with Gasteiger partial charge in [0, 0.05) is 18.9 Å². The smallest absolute Gasteiger partial charge is 0.330 e. The van der Waals surface area contributed by atoms with Crippen LogP contribution in [0.3, 0.4) is 0 Å². The first-order valence-corrected chi connectivity index (χ1v) is 5.66. The van der Waals surface area contributed by atoms with Crippen molar-refractivity contribution < 1.29 is 14.3 Å². The largest absolute Gasteiger partial charge is 0.463 e. The summed E-state index contributed by atoms with van der Waals surface area (Å²) in [5.41, 5.74) is 0. The molecule has 0 unspecified atom stereocenters. The predicted octanol–water partition coefficient (Wildman–Crippen LogP) is 2.81. The third kappa shape index (κ3) is 9.19. The number of ether oxygens (including phenoxy) is 1. The number of hydrogen-bond acceptors (Lipinski definition) is 3.